The second kappa shape index (κ2) is 6.41. The van der Waals surface area contributed by atoms with Gasteiger partial charge in [0.1, 0.15) is 0 Å². The molecule has 3 aromatic carbocycles. The summed E-state index contributed by atoms with van der Waals surface area (Å²) in [6, 6.07) is 23.3. The Morgan fingerprint density at radius 3 is 2.10 bits per heavy atom. The minimum Gasteiger partial charge on any atom is -0.399 e. The van der Waals surface area contributed by atoms with Crippen molar-refractivity contribution in [2.45, 2.75) is 38.9 Å². The first-order chi connectivity index (χ1) is 13.8. The quantitative estimate of drug-likeness (QED) is 0.346. The minimum atomic E-state index is -0.335. The Morgan fingerprint density at radius 2 is 1.38 bits per heavy atom. The van der Waals surface area contributed by atoms with Crippen molar-refractivity contribution in [3.8, 4) is 11.1 Å². The van der Waals surface area contributed by atoms with Crippen molar-refractivity contribution in [3.63, 3.8) is 0 Å². The second-order valence-electron chi connectivity index (χ2n) is 8.79. The van der Waals surface area contributed by atoms with Gasteiger partial charge in [-0.3, -0.25) is 4.98 Å². The Bertz CT molecular complexity index is 1200. The molecule has 0 bridgehead atoms. The fourth-order valence-corrected chi connectivity index (χ4v) is 3.85. The smallest absolute Gasteiger partial charge is 0.399 e. The molecule has 0 aliphatic carbocycles. The Balaban J connectivity index is 1.47. The Morgan fingerprint density at radius 1 is 0.724 bits per heavy atom. The van der Waals surface area contributed by atoms with Crippen LogP contribution in [0.15, 0.2) is 72.9 Å². The third-order valence-corrected chi connectivity index (χ3v) is 6.36. The van der Waals surface area contributed by atoms with Crippen LogP contribution in [0.3, 0.4) is 0 Å². The minimum absolute atomic E-state index is 0.330. The number of rotatable bonds is 2. The first-order valence-electron chi connectivity index (χ1n) is 10.1. The van der Waals surface area contributed by atoms with Crippen LogP contribution in [0.25, 0.3) is 32.8 Å². The third kappa shape index (κ3) is 3.04. The highest BCUT2D eigenvalue weighted by atomic mass is 16.7. The maximum atomic E-state index is 6.16. The van der Waals surface area contributed by atoms with E-state index in [0.717, 1.165) is 22.1 Å². The van der Waals surface area contributed by atoms with Crippen LogP contribution in [-0.4, -0.2) is 23.3 Å². The van der Waals surface area contributed by atoms with Crippen molar-refractivity contribution in [3.05, 3.63) is 72.9 Å². The predicted octanol–water partition coefficient (Wildman–Crippen LogP) is 5.35. The van der Waals surface area contributed by atoms with Crippen molar-refractivity contribution >= 4 is 34.3 Å². The molecule has 0 saturated carbocycles. The van der Waals surface area contributed by atoms with Crippen LogP contribution in [0.5, 0.6) is 0 Å². The Hall–Kier alpha value is -2.69. The average molecular weight is 381 g/mol. The molecular weight excluding hydrogens is 357 g/mol. The van der Waals surface area contributed by atoms with Crippen LogP contribution in [0.1, 0.15) is 27.7 Å². The van der Waals surface area contributed by atoms with Crippen LogP contribution in [0.4, 0.5) is 0 Å². The number of hydrogen-bond acceptors (Lipinski definition) is 3. The summed E-state index contributed by atoms with van der Waals surface area (Å²) in [6.45, 7) is 8.31. The van der Waals surface area contributed by atoms with Gasteiger partial charge in [0.05, 0.1) is 16.7 Å². The molecule has 0 spiro atoms. The van der Waals surface area contributed by atoms with Crippen molar-refractivity contribution in [1.82, 2.24) is 4.98 Å². The molecule has 0 N–H and O–H groups in total. The van der Waals surface area contributed by atoms with Crippen molar-refractivity contribution in [2.24, 2.45) is 0 Å². The predicted molar refractivity (Wildman–Crippen MR) is 120 cm³/mol. The zero-order valence-electron chi connectivity index (χ0n) is 17.3. The fraction of sp³-hybridized carbons (Fsp3) is 0.240. The van der Waals surface area contributed by atoms with Gasteiger partial charge in [0.2, 0.25) is 0 Å². The maximum absolute atomic E-state index is 6.16. The number of nitrogens with zero attached hydrogens (tertiary/aromatic N) is 1. The molecule has 0 radical (unpaired) electrons. The summed E-state index contributed by atoms with van der Waals surface area (Å²) in [7, 11) is -0.335. The van der Waals surface area contributed by atoms with Gasteiger partial charge in [-0.15, -0.1) is 0 Å². The second-order valence-corrected chi connectivity index (χ2v) is 8.79. The summed E-state index contributed by atoms with van der Waals surface area (Å²) < 4.78 is 12.3. The van der Waals surface area contributed by atoms with Gasteiger partial charge in [0.15, 0.2) is 0 Å². The van der Waals surface area contributed by atoms with Gasteiger partial charge >= 0.3 is 7.12 Å². The third-order valence-electron chi connectivity index (χ3n) is 6.36. The van der Waals surface area contributed by atoms with E-state index in [9.17, 15) is 0 Å². The molecule has 2 heterocycles. The lowest BCUT2D eigenvalue weighted by molar-refractivity contribution is 0.00578. The number of hydrogen-bond donors (Lipinski definition) is 0. The first-order valence-corrected chi connectivity index (χ1v) is 10.1. The lowest BCUT2D eigenvalue weighted by atomic mass is 9.78. The molecule has 4 aromatic rings. The van der Waals surface area contributed by atoms with E-state index in [-0.39, 0.29) is 18.3 Å². The van der Waals surface area contributed by atoms with Gasteiger partial charge in [0.25, 0.3) is 0 Å². The average Bonchev–Trinajstić information content (AvgIpc) is 2.94. The molecule has 1 fully saturated rings. The van der Waals surface area contributed by atoms with Gasteiger partial charge in [-0.05, 0) is 55.7 Å². The first kappa shape index (κ1) is 18.4. The molecular formula is C25H24BNO2. The number of pyridine rings is 1. The van der Waals surface area contributed by atoms with E-state index < -0.39 is 0 Å². The van der Waals surface area contributed by atoms with E-state index >= 15 is 0 Å². The van der Waals surface area contributed by atoms with Crippen molar-refractivity contribution in [2.75, 3.05) is 0 Å². The highest BCUT2D eigenvalue weighted by molar-refractivity contribution is 6.62. The Labute approximate surface area is 171 Å². The van der Waals surface area contributed by atoms with Crippen LogP contribution in [0.2, 0.25) is 0 Å². The van der Waals surface area contributed by atoms with Gasteiger partial charge in [-0.25, -0.2) is 0 Å². The highest BCUT2D eigenvalue weighted by Crippen LogP contribution is 2.36. The van der Waals surface area contributed by atoms with E-state index in [2.05, 4.69) is 93.3 Å². The van der Waals surface area contributed by atoms with E-state index in [0.29, 0.717) is 0 Å². The summed E-state index contributed by atoms with van der Waals surface area (Å²) in [4.78, 5) is 4.67. The number of benzene rings is 3. The monoisotopic (exact) mass is 381 g/mol. The van der Waals surface area contributed by atoms with E-state index in [1.165, 1.54) is 16.2 Å². The molecule has 0 atom stereocenters. The van der Waals surface area contributed by atoms with Gasteiger partial charge in [-0.1, -0.05) is 60.7 Å². The lowest BCUT2D eigenvalue weighted by Crippen LogP contribution is -2.41. The summed E-state index contributed by atoms with van der Waals surface area (Å²) in [5, 5.41) is 3.58. The largest absolute Gasteiger partial charge is 0.494 e. The molecule has 0 unspecified atom stereocenters. The molecule has 1 aromatic heterocycles. The lowest BCUT2D eigenvalue weighted by Gasteiger charge is -2.32. The summed E-state index contributed by atoms with van der Waals surface area (Å²) in [6.07, 6.45) is 1.95. The fourth-order valence-electron chi connectivity index (χ4n) is 3.85. The van der Waals surface area contributed by atoms with E-state index in [4.69, 9.17) is 9.31 Å². The molecule has 29 heavy (non-hydrogen) atoms. The van der Waals surface area contributed by atoms with Crippen LogP contribution in [0, 0.1) is 0 Å². The molecule has 4 heteroatoms. The van der Waals surface area contributed by atoms with Crippen molar-refractivity contribution < 1.29 is 9.31 Å². The molecule has 0 amide bonds. The van der Waals surface area contributed by atoms with E-state index in [1.807, 2.05) is 12.3 Å². The molecule has 1 saturated heterocycles. The SMILES string of the molecule is CC1(C)OB(c2ccc(-c3ccc4c(c3)ncc3ccccc34)cc2)OC1(C)C. The van der Waals surface area contributed by atoms with Crippen LogP contribution < -0.4 is 5.46 Å². The summed E-state index contributed by atoms with van der Waals surface area (Å²) in [5.74, 6) is 0. The van der Waals surface area contributed by atoms with Crippen LogP contribution in [-0.2, 0) is 9.31 Å². The zero-order chi connectivity index (χ0) is 20.2. The topological polar surface area (TPSA) is 31.4 Å². The summed E-state index contributed by atoms with van der Waals surface area (Å²) in [5.41, 5.74) is 3.70. The maximum Gasteiger partial charge on any atom is 0.494 e. The molecule has 1 aliphatic heterocycles. The molecule has 144 valence electrons. The van der Waals surface area contributed by atoms with E-state index in [1.54, 1.807) is 0 Å². The zero-order valence-corrected chi connectivity index (χ0v) is 17.3. The standard InChI is InChI=1S/C25H24BNO2/c1-24(2)25(3,4)29-26(28-24)20-12-9-17(10-13-20)18-11-14-22-21-8-6-5-7-19(21)16-27-23(22)15-18/h5-16H,1-4H3. The van der Waals surface area contributed by atoms with Gasteiger partial charge < -0.3 is 9.31 Å². The number of aromatic nitrogens is 1. The summed E-state index contributed by atoms with van der Waals surface area (Å²) >= 11 is 0. The van der Waals surface area contributed by atoms with Crippen LogP contribution >= 0.6 is 0 Å². The molecule has 3 nitrogen and oxygen atoms in total. The van der Waals surface area contributed by atoms with Gasteiger partial charge in [-0.2, -0.15) is 0 Å². The normalized spacial score (nSPS) is 17.9. The Kier molecular flexibility index (Phi) is 4.06. The highest BCUT2D eigenvalue weighted by Gasteiger charge is 2.51. The van der Waals surface area contributed by atoms with Gasteiger partial charge in [0, 0.05) is 17.0 Å². The number of fused-ring (bicyclic) bond motifs is 3. The van der Waals surface area contributed by atoms with Crippen molar-refractivity contribution in [1.29, 1.82) is 0 Å². The molecule has 5 rings (SSSR count). The molecule has 1 aliphatic rings.